The van der Waals surface area contributed by atoms with Gasteiger partial charge in [0.1, 0.15) is 0 Å². The molecule has 0 saturated carbocycles. The third-order valence-corrected chi connectivity index (χ3v) is 4.17. The van der Waals surface area contributed by atoms with E-state index in [9.17, 15) is 0 Å². The Morgan fingerprint density at radius 1 is 1.32 bits per heavy atom. The summed E-state index contributed by atoms with van der Waals surface area (Å²) in [4.78, 5) is 6.76. The number of hydrogen-bond acceptors (Lipinski definition) is 3. The Bertz CT molecular complexity index is 489. The van der Waals surface area contributed by atoms with Gasteiger partial charge in [0.2, 0.25) is 0 Å². The average molecular weight is 304 g/mol. The smallest absolute Gasteiger partial charge is 0.191 e. The molecule has 0 spiro atoms. The van der Waals surface area contributed by atoms with Crippen molar-refractivity contribution in [2.45, 2.75) is 25.9 Å². The van der Waals surface area contributed by atoms with Gasteiger partial charge in [-0.3, -0.25) is 9.89 Å². The van der Waals surface area contributed by atoms with Gasteiger partial charge in [-0.1, -0.05) is 24.3 Å². The molecule has 0 aliphatic carbocycles. The van der Waals surface area contributed by atoms with Gasteiger partial charge < -0.3 is 15.4 Å². The van der Waals surface area contributed by atoms with Crippen molar-refractivity contribution in [1.29, 1.82) is 0 Å². The maximum atomic E-state index is 5.04. The first-order chi connectivity index (χ1) is 10.7. The minimum absolute atomic E-state index is 0.467. The van der Waals surface area contributed by atoms with E-state index in [-0.39, 0.29) is 0 Å². The number of guanidine groups is 1. The molecule has 122 valence electrons. The first-order valence-corrected chi connectivity index (χ1v) is 7.99. The monoisotopic (exact) mass is 304 g/mol. The topological polar surface area (TPSA) is 48.9 Å². The van der Waals surface area contributed by atoms with Gasteiger partial charge in [0, 0.05) is 46.4 Å². The molecule has 1 aromatic carbocycles. The summed E-state index contributed by atoms with van der Waals surface area (Å²) in [7, 11) is 3.50. The zero-order valence-electron chi connectivity index (χ0n) is 13.9. The number of methoxy groups -OCH3 is 1. The van der Waals surface area contributed by atoms with Crippen LogP contribution in [0.15, 0.2) is 29.3 Å². The standard InChI is InChI=1S/C17H28N4O/c1-14(12-20-17(18-2)19-9-11-22-3)21-10-8-15-6-4-5-7-16(15)13-21/h4-7,14H,8-13H2,1-3H3,(H2,18,19,20). The van der Waals surface area contributed by atoms with Crippen molar-refractivity contribution >= 4 is 5.96 Å². The van der Waals surface area contributed by atoms with E-state index in [0.717, 1.165) is 38.6 Å². The van der Waals surface area contributed by atoms with Gasteiger partial charge >= 0.3 is 0 Å². The van der Waals surface area contributed by atoms with Crippen molar-refractivity contribution in [2.24, 2.45) is 4.99 Å². The molecule has 5 heteroatoms. The number of aliphatic imine (C=N–C) groups is 1. The van der Waals surface area contributed by atoms with E-state index in [0.29, 0.717) is 12.6 Å². The molecule has 0 radical (unpaired) electrons. The molecule has 1 heterocycles. The highest BCUT2D eigenvalue weighted by molar-refractivity contribution is 5.79. The third kappa shape index (κ3) is 4.71. The lowest BCUT2D eigenvalue weighted by molar-refractivity contribution is 0.190. The number of ether oxygens (including phenoxy) is 1. The quantitative estimate of drug-likeness (QED) is 0.472. The molecule has 1 atom stereocenters. The third-order valence-electron chi connectivity index (χ3n) is 4.17. The van der Waals surface area contributed by atoms with E-state index in [1.54, 1.807) is 14.2 Å². The molecule has 22 heavy (non-hydrogen) atoms. The van der Waals surface area contributed by atoms with E-state index in [2.05, 4.69) is 51.7 Å². The number of nitrogens with one attached hydrogen (secondary N) is 2. The van der Waals surface area contributed by atoms with Crippen molar-refractivity contribution in [3.63, 3.8) is 0 Å². The molecule has 0 saturated heterocycles. The van der Waals surface area contributed by atoms with Crippen LogP contribution in [0.5, 0.6) is 0 Å². The normalized spacial score (nSPS) is 17.0. The summed E-state index contributed by atoms with van der Waals surface area (Å²) >= 11 is 0. The number of fused-ring (bicyclic) bond motifs is 1. The summed E-state index contributed by atoms with van der Waals surface area (Å²) in [5.41, 5.74) is 2.96. The second-order valence-corrected chi connectivity index (χ2v) is 5.71. The highest BCUT2D eigenvalue weighted by Gasteiger charge is 2.20. The molecule has 1 aromatic rings. The lowest BCUT2D eigenvalue weighted by Gasteiger charge is -2.34. The van der Waals surface area contributed by atoms with Crippen LogP contribution in [0, 0.1) is 0 Å². The average Bonchev–Trinajstić information content (AvgIpc) is 2.57. The first-order valence-electron chi connectivity index (χ1n) is 7.99. The van der Waals surface area contributed by atoms with Gasteiger partial charge in [-0.25, -0.2) is 0 Å². The van der Waals surface area contributed by atoms with Crippen molar-refractivity contribution in [3.05, 3.63) is 35.4 Å². The molecule has 2 N–H and O–H groups in total. The van der Waals surface area contributed by atoms with Crippen molar-refractivity contribution < 1.29 is 4.74 Å². The van der Waals surface area contributed by atoms with E-state index < -0.39 is 0 Å². The van der Waals surface area contributed by atoms with Crippen LogP contribution < -0.4 is 10.6 Å². The molecule has 2 rings (SSSR count). The molecule has 0 bridgehead atoms. The molecule has 0 amide bonds. The van der Waals surface area contributed by atoms with Crippen LogP contribution in [0.1, 0.15) is 18.1 Å². The maximum Gasteiger partial charge on any atom is 0.191 e. The molecule has 1 aliphatic heterocycles. The Hall–Kier alpha value is -1.59. The first kappa shape index (κ1) is 16.8. The molecular weight excluding hydrogens is 276 g/mol. The van der Waals surface area contributed by atoms with Crippen LogP contribution in [-0.2, 0) is 17.7 Å². The van der Waals surface area contributed by atoms with Gasteiger partial charge in [0.05, 0.1) is 6.61 Å². The van der Waals surface area contributed by atoms with Crippen molar-refractivity contribution in [3.8, 4) is 0 Å². The number of hydrogen-bond donors (Lipinski definition) is 2. The van der Waals surface area contributed by atoms with Crippen molar-refractivity contribution in [2.75, 3.05) is 40.4 Å². The summed E-state index contributed by atoms with van der Waals surface area (Å²) in [6.45, 7) is 6.75. The number of benzene rings is 1. The lowest BCUT2D eigenvalue weighted by Crippen LogP contribution is -2.47. The van der Waals surface area contributed by atoms with E-state index in [1.807, 2.05) is 0 Å². The van der Waals surface area contributed by atoms with Crippen LogP contribution >= 0.6 is 0 Å². The Balaban J connectivity index is 1.79. The van der Waals surface area contributed by atoms with Crippen LogP contribution in [0.4, 0.5) is 0 Å². The largest absolute Gasteiger partial charge is 0.383 e. The van der Waals surface area contributed by atoms with Gasteiger partial charge in [-0.05, 0) is 24.5 Å². The predicted molar refractivity (Wildman–Crippen MR) is 91.3 cm³/mol. The van der Waals surface area contributed by atoms with Gasteiger partial charge in [0.15, 0.2) is 5.96 Å². The van der Waals surface area contributed by atoms with Gasteiger partial charge in [-0.15, -0.1) is 0 Å². The zero-order valence-corrected chi connectivity index (χ0v) is 13.9. The molecular formula is C17H28N4O. The van der Waals surface area contributed by atoms with Crippen LogP contribution in [0.2, 0.25) is 0 Å². The molecule has 0 fully saturated rings. The zero-order chi connectivity index (χ0) is 15.8. The molecule has 1 aliphatic rings. The van der Waals surface area contributed by atoms with E-state index >= 15 is 0 Å². The van der Waals surface area contributed by atoms with Gasteiger partial charge in [-0.2, -0.15) is 0 Å². The van der Waals surface area contributed by atoms with Crippen LogP contribution in [-0.4, -0.2) is 57.3 Å². The van der Waals surface area contributed by atoms with Gasteiger partial charge in [0.25, 0.3) is 0 Å². The number of nitrogens with zero attached hydrogens (tertiary/aromatic N) is 2. The summed E-state index contributed by atoms with van der Waals surface area (Å²) < 4.78 is 5.04. The minimum Gasteiger partial charge on any atom is -0.383 e. The Morgan fingerprint density at radius 2 is 2.09 bits per heavy atom. The fourth-order valence-corrected chi connectivity index (χ4v) is 2.76. The molecule has 5 nitrogen and oxygen atoms in total. The summed E-state index contributed by atoms with van der Waals surface area (Å²) in [5.74, 6) is 0.835. The second-order valence-electron chi connectivity index (χ2n) is 5.71. The lowest BCUT2D eigenvalue weighted by atomic mass is 9.99. The highest BCUT2D eigenvalue weighted by atomic mass is 16.5. The van der Waals surface area contributed by atoms with E-state index in [4.69, 9.17) is 4.74 Å². The van der Waals surface area contributed by atoms with Crippen molar-refractivity contribution in [1.82, 2.24) is 15.5 Å². The van der Waals surface area contributed by atoms with Crippen LogP contribution in [0.25, 0.3) is 0 Å². The predicted octanol–water partition coefficient (Wildman–Crippen LogP) is 1.24. The summed E-state index contributed by atoms with van der Waals surface area (Å²) in [6.07, 6.45) is 1.14. The summed E-state index contributed by atoms with van der Waals surface area (Å²) in [6, 6.07) is 9.22. The Morgan fingerprint density at radius 3 is 2.82 bits per heavy atom. The fraction of sp³-hybridized carbons (Fsp3) is 0.588. The fourth-order valence-electron chi connectivity index (χ4n) is 2.76. The Kier molecular flexibility index (Phi) is 6.68. The highest BCUT2D eigenvalue weighted by Crippen LogP contribution is 2.19. The van der Waals surface area contributed by atoms with E-state index in [1.165, 1.54) is 11.1 Å². The summed E-state index contributed by atoms with van der Waals surface area (Å²) in [5, 5.41) is 6.63. The van der Waals surface area contributed by atoms with Crippen LogP contribution in [0.3, 0.4) is 0 Å². The molecule has 0 aromatic heterocycles. The Labute approximate surface area is 133 Å². The minimum atomic E-state index is 0.467. The second kappa shape index (κ2) is 8.76. The maximum absolute atomic E-state index is 5.04. The number of rotatable bonds is 6. The molecule has 1 unspecified atom stereocenters. The SMILES string of the molecule is CN=C(NCCOC)NCC(C)N1CCc2ccccc2C1.